The number of ether oxygens (including phenoxy) is 1. The molecule has 3 heterocycles. The van der Waals surface area contributed by atoms with Gasteiger partial charge in [-0.1, -0.05) is 6.07 Å². The molecule has 0 radical (unpaired) electrons. The molecule has 1 amide bonds. The summed E-state index contributed by atoms with van der Waals surface area (Å²) in [6.07, 6.45) is 1.88. The lowest BCUT2D eigenvalue weighted by atomic mass is 9.97. The Bertz CT molecular complexity index is 926. The van der Waals surface area contributed by atoms with E-state index in [0.717, 1.165) is 42.2 Å². The standard InChI is InChI=1S/C22H24N4O2S/c1-28-18-8-6-16(7-9-18)20-10-11-21(25-24-20)26-12-2-4-17(15-26)22(27)23-14-19-5-3-13-29-19/h3,5-11,13,17H,2,4,12,14-15H2,1H3,(H,23,27)/t17-/m0/s1. The first kappa shape index (κ1) is 19.4. The molecule has 4 rings (SSSR count). The van der Waals surface area contributed by atoms with Crippen molar-refractivity contribution < 1.29 is 9.53 Å². The van der Waals surface area contributed by atoms with Crippen molar-refractivity contribution in [2.24, 2.45) is 5.92 Å². The van der Waals surface area contributed by atoms with Crippen molar-refractivity contribution in [1.29, 1.82) is 0 Å². The summed E-state index contributed by atoms with van der Waals surface area (Å²) in [6, 6.07) is 15.8. The van der Waals surface area contributed by atoms with E-state index < -0.39 is 0 Å². The monoisotopic (exact) mass is 408 g/mol. The van der Waals surface area contributed by atoms with Crippen LogP contribution in [0.4, 0.5) is 5.82 Å². The fourth-order valence-corrected chi connectivity index (χ4v) is 4.19. The van der Waals surface area contributed by atoms with Crippen LogP contribution < -0.4 is 15.0 Å². The molecule has 6 nitrogen and oxygen atoms in total. The van der Waals surface area contributed by atoms with E-state index in [1.807, 2.05) is 53.9 Å². The Morgan fingerprint density at radius 2 is 2.07 bits per heavy atom. The molecule has 0 bridgehead atoms. The summed E-state index contributed by atoms with van der Waals surface area (Å²) in [7, 11) is 1.65. The highest BCUT2D eigenvalue weighted by Gasteiger charge is 2.26. The largest absolute Gasteiger partial charge is 0.497 e. The second-order valence-corrected chi connectivity index (χ2v) is 8.12. The molecular formula is C22H24N4O2S. The van der Waals surface area contributed by atoms with Crippen LogP contribution in [0.3, 0.4) is 0 Å². The molecule has 1 N–H and O–H groups in total. The van der Waals surface area contributed by atoms with Crippen molar-refractivity contribution in [1.82, 2.24) is 15.5 Å². The summed E-state index contributed by atoms with van der Waals surface area (Å²) in [4.78, 5) is 15.9. The summed E-state index contributed by atoms with van der Waals surface area (Å²) in [6.45, 7) is 2.17. The molecule has 0 saturated carbocycles. The van der Waals surface area contributed by atoms with E-state index in [4.69, 9.17) is 4.74 Å². The van der Waals surface area contributed by atoms with Gasteiger partial charge in [0.25, 0.3) is 0 Å². The van der Waals surface area contributed by atoms with Crippen LogP contribution in [0.25, 0.3) is 11.3 Å². The lowest BCUT2D eigenvalue weighted by Crippen LogP contribution is -2.43. The maximum atomic E-state index is 12.6. The van der Waals surface area contributed by atoms with E-state index >= 15 is 0 Å². The second kappa shape index (κ2) is 9.05. The number of methoxy groups -OCH3 is 1. The maximum absolute atomic E-state index is 12.6. The molecule has 2 aromatic heterocycles. The first-order chi connectivity index (χ1) is 14.2. The van der Waals surface area contributed by atoms with Crippen LogP contribution in [0.1, 0.15) is 17.7 Å². The summed E-state index contributed by atoms with van der Waals surface area (Å²) >= 11 is 1.66. The third kappa shape index (κ3) is 4.74. The van der Waals surface area contributed by atoms with Crippen LogP contribution >= 0.6 is 11.3 Å². The van der Waals surface area contributed by atoms with Gasteiger partial charge in [-0.05, 0) is 60.7 Å². The van der Waals surface area contributed by atoms with Gasteiger partial charge in [0.05, 0.1) is 25.3 Å². The van der Waals surface area contributed by atoms with Crippen molar-refractivity contribution in [3.63, 3.8) is 0 Å². The third-order valence-corrected chi connectivity index (χ3v) is 6.05. The molecule has 0 spiro atoms. The molecule has 0 unspecified atom stereocenters. The van der Waals surface area contributed by atoms with Crippen LogP contribution in [0.5, 0.6) is 5.75 Å². The molecule has 1 atom stereocenters. The number of anilines is 1. The van der Waals surface area contributed by atoms with E-state index in [1.165, 1.54) is 4.88 Å². The van der Waals surface area contributed by atoms with Gasteiger partial charge in [-0.2, -0.15) is 0 Å². The number of rotatable bonds is 6. The minimum atomic E-state index is -0.0215. The lowest BCUT2D eigenvalue weighted by molar-refractivity contribution is -0.125. The van der Waals surface area contributed by atoms with Crippen molar-refractivity contribution in [2.45, 2.75) is 19.4 Å². The summed E-state index contributed by atoms with van der Waals surface area (Å²) in [5.41, 5.74) is 1.81. The summed E-state index contributed by atoms with van der Waals surface area (Å²) in [5.74, 6) is 1.73. The first-order valence-corrected chi connectivity index (χ1v) is 10.6. The predicted octanol–water partition coefficient (Wildman–Crippen LogP) is 3.75. The molecule has 1 aliphatic heterocycles. The third-order valence-electron chi connectivity index (χ3n) is 5.17. The van der Waals surface area contributed by atoms with Crippen molar-refractivity contribution >= 4 is 23.1 Å². The minimum Gasteiger partial charge on any atom is -0.497 e. The Hall–Kier alpha value is -2.93. The maximum Gasteiger partial charge on any atom is 0.225 e. The number of thiophene rings is 1. The van der Waals surface area contributed by atoms with Gasteiger partial charge in [0.1, 0.15) is 5.75 Å². The minimum absolute atomic E-state index is 0.0215. The molecule has 1 aliphatic rings. The summed E-state index contributed by atoms with van der Waals surface area (Å²) in [5, 5.41) is 13.9. The van der Waals surface area contributed by atoms with E-state index in [2.05, 4.69) is 20.4 Å². The molecule has 150 valence electrons. The van der Waals surface area contributed by atoms with E-state index in [1.54, 1.807) is 18.4 Å². The normalized spacial score (nSPS) is 16.4. The fourth-order valence-electron chi connectivity index (χ4n) is 3.54. The van der Waals surface area contributed by atoms with Gasteiger partial charge < -0.3 is 15.0 Å². The summed E-state index contributed by atoms with van der Waals surface area (Å²) < 4.78 is 5.20. The number of amides is 1. The molecule has 0 aliphatic carbocycles. The fraction of sp³-hybridized carbons (Fsp3) is 0.318. The highest BCUT2D eigenvalue weighted by molar-refractivity contribution is 7.09. The lowest BCUT2D eigenvalue weighted by Gasteiger charge is -2.32. The molecule has 3 aromatic rings. The molecule has 1 saturated heterocycles. The van der Waals surface area contributed by atoms with Gasteiger partial charge in [-0.15, -0.1) is 21.5 Å². The van der Waals surface area contributed by atoms with Gasteiger partial charge in [-0.3, -0.25) is 4.79 Å². The quantitative estimate of drug-likeness (QED) is 0.673. The topological polar surface area (TPSA) is 67.3 Å². The number of piperidine rings is 1. The Labute approximate surface area is 174 Å². The van der Waals surface area contributed by atoms with Gasteiger partial charge in [0.15, 0.2) is 5.82 Å². The SMILES string of the molecule is COc1ccc(-c2ccc(N3CCC[C@H](C(=O)NCc4cccs4)C3)nn2)cc1. The average molecular weight is 409 g/mol. The van der Waals surface area contributed by atoms with Crippen LogP contribution in [0.15, 0.2) is 53.9 Å². The van der Waals surface area contributed by atoms with Gasteiger partial charge >= 0.3 is 0 Å². The number of hydrogen-bond acceptors (Lipinski definition) is 6. The number of hydrogen-bond donors (Lipinski definition) is 1. The Kier molecular flexibility index (Phi) is 6.05. The Balaban J connectivity index is 1.38. The molecule has 29 heavy (non-hydrogen) atoms. The number of aromatic nitrogens is 2. The average Bonchev–Trinajstić information content (AvgIpc) is 3.31. The highest BCUT2D eigenvalue weighted by Crippen LogP contribution is 2.24. The Morgan fingerprint density at radius 1 is 1.21 bits per heavy atom. The van der Waals surface area contributed by atoms with E-state index in [9.17, 15) is 4.79 Å². The van der Waals surface area contributed by atoms with Gasteiger partial charge in [-0.25, -0.2) is 0 Å². The van der Waals surface area contributed by atoms with Crippen LogP contribution in [0.2, 0.25) is 0 Å². The zero-order valence-corrected chi connectivity index (χ0v) is 17.2. The number of nitrogens with zero attached hydrogens (tertiary/aromatic N) is 3. The van der Waals surface area contributed by atoms with Crippen molar-refractivity contribution in [3.05, 3.63) is 58.8 Å². The van der Waals surface area contributed by atoms with Crippen molar-refractivity contribution in [3.8, 4) is 17.0 Å². The van der Waals surface area contributed by atoms with E-state index in [-0.39, 0.29) is 11.8 Å². The first-order valence-electron chi connectivity index (χ1n) is 9.76. The predicted molar refractivity (Wildman–Crippen MR) is 115 cm³/mol. The number of carbonyl (C=O) groups excluding carboxylic acids is 1. The van der Waals surface area contributed by atoms with Gasteiger partial charge in [0, 0.05) is 23.5 Å². The van der Waals surface area contributed by atoms with Crippen LogP contribution in [-0.2, 0) is 11.3 Å². The van der Waals surface area contributed by atoms with Crippen LogP contribution in [-0.4, -0.2) is 36.3 Å². The van der Waals surface area contributed by atoms with Crippen molar-refractivity contribution in [2.75, 3.05) is 25.1 Å². The van der Waals surface area contributed by atoms with Gasteiger partial charge in [0.2, 0.25) is 5.91 Å². The number of carbonyl (C=O) groups is 1. The smallest absolute Gasteiger partial charge is 0.225 e. The molecular weight excluding hydrogens is 384 g/mol. The Morgan fingerprint density at radius 3 is 2.76 bits per heavy atom. The number of benzene rings is 1. The molecule has 1 aromatic carbocycles. The molecule has 7 heteroatoms. The zero-order valence-electron chi connectivity index (χ0n) is 16.4. The zero-order chi connectivity index (χ0) is 20.1. The number of nitrogens with one attached hydrogen (secondary N) is 1. The van der Waals surface area contributed by atoms with Crippen LogP contribution in [0, 0.1) is 5.92 Å². The highest BCUT2D eigenvalue weighted by atomic mass is 32.1. The van der Waals surface area contributed by atoms with E-state index in [0.29, 0.717) is 13.1 Å². The molecule has 1 fully saturated rings. The second-order valence-electron chi connectivity index (χ2n) is 7.09.